The summed E-state index contributed by atoms with van der Waals surface area (Å²) in [6, 6.07) is 5.03. The number of hydrogen-bond acceptors (Lipinski definition) is 2. The average Bonchev–Trinajstić information content (AvgIpc) is 2.08. The summed E-state index contributed by atoms with van der Waals surface area (Å²) in [5, 5.41) is 0. The zero-order valence-electron chi connectivity index (χ0n) is 6.38. The number of nitrogens with two attached hydrogens (primary N) is 1. The predicted octanol–water partition coefficient (Wildman–Crippen LogP) is 2.40. The van der Waals surface area contributed by atoms with Gasteiger partial charge in [0.2, 0.25) is 0 Å². The van der Waals surface area contributed by atoms with Crippen molar-refractivity contribution in [2.75, 3.05) is 5.73 Å². The summed E-state index contributed by atoms with van der Waals surface area (Å²) in [6.45, 7) is 3.39. The first kappa shape index (κ1) is 9.00. The number of rotatable bonds is 2. The smallest absolute Gasteiger partial charge is 0.185 e. The quantitative estimate of drug-likeness (QED) is 0.478. The number of carbonyl (C=O) groups is 1. The Kier molecular flexibility index (Phi) is 2.65. The van der Waals surface area contributed by atoms with Crippen LogP contribution in [0.2, 0.25) is 0 Å². The fourth-order valence-electron chi connectivity index (χ4n) is 0.798. The Bertz CT molecular complexity index is 333. The lowest BCUT2D eigenvalue weighted by molar-refractivity contribution is 0.104. The van der Waals surface area contributed by atoms with E-state index in [9.17, 15) is 4.79 Å². The van der Waals surface area contributed by atoms with Gasteiger partial charge in [-0.15, -0.1) is 0 Å². The van der Waals surface area contributed by atoms with E-state index >= 15 is 0 Å². The van der Waals surface area contributed by atoms with Gasteiger partial charge in [-0.3, -0.25) is 4.79 Å². The van der Waals surface area contributed by atoms with Crippen molar-refractivity contribution in [2.45, 2.75) is 0 Å². The van der Waals surface area contributed by atoms with Crippen molar-refractivity contribution in [2.24, 2.45) is 0 Å². The van der Waals surface area contributed by atoms with Crippen LogP contribution in [0.1, 0.15) is 10.4 Å². The van der Waals surface area contributed by atoms with Gasteiger partial charge in [0, 0.05) is 15.7 Å². The minimum Gasteiger partial charge on any atom is -0.398 e. The topological polar surface area (TPSA) is 43.1 Å². The van der Waals surface area contributed by atoms with Crippen LogP contribution in [0.15, 0.2) is 35.3 Å². The summed E-state index contributed by atoms with van der Waals surface area (Å²) in [4.78, 5) is 11.1. The Morgan fingerprint density at radius 1 is 1.58 bits per heavy atom. The molecule has 1 aromatic rings. The van der Waals surface area contributed by atoms with E-state index in [4.69, 9.17) is 5.73 Å². The van der Waals surface area contributed by atoms with Gasteiger partial charge in [0.1, 0.15) is 0 Å². The van der Waals surface area contributed by atoms with Crippen LogP contribution in [0.25, 0.3) is 0 Å². The number of hydrogen-bond donors (Lipinski definition) is 1. The van der Waals surface area contributed by atoms with Crippen LogP contribution in [0, 0.1) is 0 Å². The van der Waals surface area contributed by atoms with Gasteiger partial charge in [-0.1, -0.05) is 6.58 Å². The molecule has 0 bridgehead atoms. The minimum absolute atomic E-state index is 0.101. The predicted molar refractivity (Wildman–Crippen MR) is 53.1 cm³/mol. The van der Waals surface area contributed by atoms with Gasteiger partial charge in [0.15, 0.2) is 5.78 Å². The fourth-order valence-corrected chi connectivity index (χ4v) is 1.18. The molecule has 0 unspecified atom stereocenters. The highest BCUT2D eigenvalue weighted by atomic mass is 79.9. The van der Waals surface area contributed by atoms with Gasteiger partial charge in [0.25, 0.3) is 0 Å². The third-order valence-electron chi connectivity index (χ3n) is 1.47. The van der Waals surface area contributed by atoms with Crippen molar-refractivity contribution in [3.05, 3.63) is 40.9 Å². The Morgan fingerprint density at radius 2 is 2.25 bits per heavy atom. The number of halogens is 1. The van der Waals surface area contributed by atoms with E-state index in [0.29, 0.717) is 11.3 Å². The summed E-state index contributed by atoms with van der Waals surface area (Å²) in [6.07, 6.45) is 1.28. The van der Waals surface area contributed by atoms with Crippen molar-refractivity contribution >= 4 is 27.4 Å². The zero-order chi connectivity index (χ0) is 9.14. The maximum Gasteiger partial charge on any atom is 0.185 e. The lowest BCUT2D eigenvalue weighted by Gasteiger charge is -1.99. The maximum absolute atomic E-state index is 11.1. The fraction of sp³-hybridized carbons (Fsp3) is 0. The zero-order valence-corrected chi connectivity index (χ0v) is 7.97. The van der Waals surface area contributed by atoms with Crippen LogP contribution in [0.3, 0.4) is 0 Å². The molecule has 0 radical (unpaired) electrons. The molecule has 0 fully saturated rings. The molecule has 0 spiro atoms. The molecule has 62 valence electrons. The molecular weight excluding hydrogens is 218 g/mol. The standard InChI is InChI=1S/C9H8BrNO/c1-2-9(12)6-3-4-8(11)7(10)5-6/h2-5H,1,11H2. The van der Waals surface area contributed by atoms with Gasteiger partial charge in [-0.05, 0) is 40.2 Å². The molecule has 0 saturated carbocycles. The Morgan fingerprint density at radius 3 is 2.75 bits per heavy atom. The second-order valence-electron chi connectivity index (χ2n) is 2.30. The third kappa shape index (κ3) is 1.74. The molecule has 0 atom stereocenters. The number of nitrogen functional groups attached to an aromatic ring is 1. The highest BCUT2D eigenvalue weighted by Crippen LogP contribution is 2.20. The molecule has 1 rings (SSSR count). The van der Waals surface area contributed by atoms with Crippen LogP contribution in [-0.4, -0.2) is 5.78 Å². The molecule has 0 aliphatic carbocycles. The Hall–Kier alpha value is -1.09. The normalized spacial score (nSPS) is 9.42. The number of ketones is 1. The number of anilines is 1. The van der Waals surface area contributed by atoms with Gasteiger partial charge < -0.3 is 5.73 Å². The number of allylic oxidation sites excluding steroid dienone is 1. The van der Waals surface area contributed by atoms with Crippen LogP contribution >= 0.6 is 15.9 Å². The van der Waals surface area contributed by atoms with E-state index in [-0.39, 0.29) is 5.78 Å². The second kappa shape index (κ2) is 3.54. The Labute approximate surface area is 79.2 Å². The van der Waals surface area contributed by atoms with Gasteiger partial charge in [-0.2, -0.15) is 0 Å². The van der Waals surface area contributed by atoms with Gasteiger partial charge in [-0.25, -0.2) is 0 Å². The van der Waals surface area contributed by atoms with Gasteiger partial charge >= 0.3 is 0 Å². The first-order valence-electron chi connectivity index (χ1n) is 3.37. The molecule has 0 aromatic heterocycles. The lowest BCUT2D eigenvalue weighted by Crippen LogP contribution is -1.95. The summed E-state index contributed by atoms with van der Waals surface area (Å²) < 4.78 is 0.732. The van der Waals surface area contributed by atoms with E-state index in [1.165, 1.54) is 6.08 Å². The highest BCUT2D eigenvalue weighted by molar-refractivity contribution is 9.10. The van der Waals surface area contributed by atoms with Crippen LogP contribution < -0.4 is 5.73 Å². The molecule has 0 aliphatic heterocycles. The number of benzene rings is 1. The monoisotopic (exact) mass is 225 g/mol. The molecule has 12 heavy (non-hydrogen) atoms. The second-order valence-corrected chi connectivity index (χ2v) is 3.16. The van der Waals surface area contributed by atoms with E-state index in [1.54, 1.807) is 18.2 Å². The maximum atomic E-state index is 11.1. The molecule has 3 heteroatoms. The molecule has 1 aromatic carbocycles. The van der Waals surface area contributed by atoms with Crippen molar-refractivity contribution in [1.82, 2.24) is 0 Å². The summed E-state index contributed by atoms with van der Waals surface area (Å²) in [5.41, 5.74) is 6.76. The van der Waals surface area contributed by atoms with E-state index in [2.05, 4.69) is 22.5 Å². The average molecular weight is 226 g/mol. The Balaban J connectivity index is 3.13. The van der Waals surface area contributed by atoms with Crippen LogP contribution in [0.5, 0.6) is 0 Å². The highest BCUT2D eigenvalue weighted by Gasteiger charge is 2.02. The summed E-state index contributed by atoms with van der Waals surface area (Å²) >= 11 is 3.23. The largest absolute Gasteiger partial charge is 0.398 e. The van der Waals surface area contributed by atoms with Crippen molar-refractivity contribution in [3.8, 4) is 0 Å². The molecule has 0 heterocycles. The van der Waals surface area contributed by atoms with Crippen LogP contribution in [0.4, 0.5) is 5.69 Å². The third-order valence-corrected chi connectivity index (χ3v) is 2.16. The van der Waals surface area contributed by atoms with E-state index in [0.717, 1.165) is 4.47 Å². The first-order chi connectivity index (χ1) is 5.65. The molecule has 2 N–H and O–H groups in total. The van der Waals surface area contributed by atoms with Crippen molar-refractivity contribution in [3.63, 3.8) is 0 Å². The van der Waals surface area contributed by atoms with E-state index < -0.39 is 0 Å². The molecule has 0 amide bonds. The van der Waals surface area contributed by atoms with Crippen LogP contribution in [-0.2, 0) is 0 Å². The lowest BCUT2D eigenvalue weighted by atomic mass is 10.1. The van der Waals surface area contributed by atoms with Crippen molar-refractivity contribution < 1.29 is 4.79 Å². The van der Waals surface area contributed by atoms with E-state index in [1.807, 2.05) is 0 Å². The first-order valence-corrected chi connectivity index (χ1v) is 4.16. The van der Waals surface area contributed by atoms with Gasteiger partial charge in [0.05, 0.1) is 0 Å². The molecule has 0 aliphatic rings. The molecule has 0 saturated heterocycles. The molecular formula is C9H8BrNO. The molecule has 2 nitrogen and oxygen atoms in total. The summed E-state index contributed by atoms with van der Waals surface area (Å²) in [5.74, 6) is -0.101. The van der Waals surface area contributed by atoms with Crippen molar-refractivity contribution in [1.29, 1.82) is 0 Å². The summed E-state index contributed by atoms with van der Waals surface area (Å²) in [7, 11) is 0. The minimum atomic E-state index is -0.101. The SMILES string of the molecule is C=CC(=O)c1ccc(N)c(Br)c1. The number of carbonyl (C=O) groups excluding carboxylic acids is 1.